The molecule has 0 aromatic carbocycles. The number of nitrogens with zero attached hydrogens (tertiary/aromatic N) is 5. The average molecular weight is 548 g/mol. The lowest BCUT2D eigenvalue weighted by Gasteiger charge is -2.36. The zero-order valence-electron chi connectivity index (χ0n) is 20.2. The topological polar surface area (TPSA) is 119 Å². The van der Waals surface area contributed by atoms with Crippen molar-refractivity contribution in [2.24, 2.45) is 0 Å². The maximum Gasteiger partial charge on any atom is 0.423 e. The second-order valence-corrected chi connectivity index (χ2v) is 9.30. The van der Waals surface area contributed by atoms with Crippen molar-refractivity contribution in [3.8, 4) is 0 Å². The first-order valence-corrected chi connectivity index (χ1v) is 11.9. The molecule has 4 rings (SSSR count). The van der Waals surface area contributed by atoms with Crippen molar-refractivity contribution in [1.29, 1.82) is 0 Å². The van der Waals surface area contributed by atoms with E-state index >= 15 is 0 Å². The van der Waals surface area contributed by atoms with E-state index in [2.05, 4.69) is 25.7 Å². The molecule has 4 heterocycles. The molecule has 208 valence electrons. The molecule has 2 unspecified atom stereocenters. The van der Waals surface area contributed by atoms with E-state index in [0.717, 1.165) is 18.6 Å². The van der Waals surface area contributed by atoms with Gasteiger partial charge in [-0.1, -0.05) is 0 Å². The van der Waals surface area contributed by atoms with Gasteiger partial charge in [-0.15, -0.1) is 0 Å². The number of hydrogen-bond acceptors (Lipinski definition) is 8. The predicted molar refractivity (Wildman–Crippen MR) is 123 cm³/mol. The molecule has 2 fully saturated rings. The molecular formula is C22H26F6N8O2. The van der Waals surface area contributed by atoms with E-state index in [1.165, 1.54) is 0 Å². The van der Waals surface area contributed by atoms with Gasteiger partial charge in [0.1, 0.15) is 5.56 Å². The van der Waals surface area contributed by atoms with E-state index in [-0.39, 0.29) is 24.4 Å². The molecule has 0 saturated carbocycles. The van der Waals surface area contributed by atoms with Crippen LogP contribution < -0.4 is 21.1 Å². The maximum absolute atomic E-state index is 13.2. The van der Waals surface area contributed by atoms with Crippen LogP contribution in [0.25, 0.3) is 0 Å². The number of anilines is 2. The number of nitrogens with one attached hydrogen (secondary N) is 3. The minimum atomic E-state index is -4.86. The number of H-pyrrole nitrogens is 1. The zero-order valence-corrected chi connectivity index (χ0v) is 20.2. The first-order valence-electron chi connectivity index (χ1n) is 11.9. The Bertz CT molecular complexity index is 1180. The summed E-state index contributed by atoms with van der Waals surface area (Å²) in [5.41, 5.74) is -4.08. The Labute approximate surface area is 212 Å². The van der Waals surface area contributed by atoms with Gasteiger partial charge in [0.05, 0.1) is 23.5 Å². The Balaban J connectivity index is 1.27. The highest BCUT2D eigenvalue weighted by atomic mass is 19.4. The molecule has 2 aromatic rings. The fourth-order valence-electron chi connectivity index (χ4n) is 4.69. The van der Waals surface area contributed by atoms with Crippen LogP contribution in [0.3, 0.4) is 0 Å². The van der Waals surface area contributed by atoms with Gasteiger partial charge in [-0.05, 0) is 26.2 Å². The van der Waals surface area contributed by atoms with E-state index in [1.807, 2.05) is 0 Å². The highest BCUT2D eigenvalue weighted by molar-refractivity contribution is 5.84. The van der Waals surface area contributed by atoms with Crippen LogP contribution in [0.5, 0.6) is 0 Å². The van der Waals surface area contributed by atoms with Crippen molar-refractivity contribution in [2.45, 2.75) is 56.7 Å². The number of hydrogen-bond donors (Lipinski definition) is 3. The summed E-state index contributed by atoms with van der Waals surface area (Å²) in [6, 6.07) is -1.10. The van der Waals surface area contributed by atoms with Gasteiger partial charge < -0.3 is 20.4 Å². The number of amides is 1. The van der Waals surface area contributed by atoms with Crippen LogP contribution in [-0.2, 0) is 17.1 Å². The lowest BCUT2D eigenvalue weighted by Crippen LogP contribution is -2.49. The molecule has 1 amide bonds. The average Bonchev–Trinajstić information content (AvgIpc) is 3.21. The number of piperidine rings is 1. The molecule has 2 atom stereocenters. The molecule has 10 nitrogen and oxygen atoms in total. The van der Waals surface area contributed by atoms with Crippen molar-refractivity contribution >= 4 is 17.5 Å². The van der Waals surface area contributed by atoms with Crippen LogP contribution in [0.4, 0.5) is 38.0 Å². The second kappa shape index (κ2) is 10.7. The van der Waals surface area contributed by atoms with E-state index in [0.29, 0.717) is 38.9 Å². The molecule has 2 aliphatic heterocycles. The largest absolute Gasteiger partial charge is 0.423 e. The molecule has 0 bridgehead atoms. The number of carbonyl (C=O) groups excluding carboxylic acids is 1. The van der Waals surface area contributed by atoms with Crippen LogP contribution in [0.1, 0.15) is 37.3 Å². The quantitative estimate of drug-likeness (QED) is 0.451. The highest BCUT2D eigenvalue weighted by Gasteiger charge is 2.39. The summed E-state index contributed by atoms with van der Waals surface area (Å²) in [6.07, 6.45) is -5.26. The Hall–Kier alpha value is -3.43. The van der Waals surface area contributed by atoms with E-state index < -0.39 is 46.8 Å². The predicted octanol–water partition coefficient (Wildman–Crippen LogP) is 2.26. The molecule has 2 saturated heterocycles. The van der Waals surface area contributed by atoms with E-state index in [1.54, 1.807) is 21.8 Å². The van der Waals surface area contributed by atoms with Gasteiger partial charge in [0.25, 0.3) is 5.56 Å². The van der Waals surface area contributed by atoms with Crippen molar-refractivity contribution in [1.82, 2.24) is 30.4 Å². The molecule has 2 aliphatic rings. The van der Waals surface area contributed by atoms with Crippen LogP contribution in [0.15, 0.2) is 23.4 Å². The number of aromatic amines is 1. The zero-order chi connectivity index (χ0) is 27.7. The number of carbonyl (C=O) groups is 1. The third-order valence-corrected chi connectivity index (χ3v) is 6.61. The number of halogens is 6. The first kappa shape index (κ1) is 27.6. The van der Waals surface area contributed by atoms with Gasteiger partial charge in [-0.25, -0.2) is 15.1 Å². The maximum atomic E-state index is 13.2. The lowest BCUT2D eigenvalue weighted by atomic mass is 10.0. The van der Waals surface area contributed by atoms with Crippen LogP contribution in [-0.4, -0.2) is 75.3 Å². The van der Waals surface area contributed by atoms with Crippen LogP contribution in [0.2, 0.25) is 0 Å². The van der Waals surface area contributed by atoms with Crippen molar-refractivity contribution in [3.05, 3.63) is 40.1 Å². The second-order valence-electron chi connectivity index (χ2n) is 9.30. The van der Waals surface area contributed by atoms with Crippen LogP contribution >= 0.6 is 0 Å². The molecule has 2 aromatic heterocycles. The Morgan fingerprint density at radius 3 is 2.26 bits per heavy atom. The third kappa shape index (κ3) is 6.16. The summed E-state index contributed by atoms with van der Waals surface area (Å²) >= 11 is 0. The van der Waals surface area contributed by atoms with Crippen molar-refractivity contribution in [2.75, 3.05) is 36.4 Å². The van der Waals surface area contributed by atoms with Crippen LogP contribution in [0, 0.1) is 0 Å². The number of alkyl halides is 6. The number of aromatic nitrogens is 4. The Morgan fingerprint density at radius 2 is 1.66 bits per heavy atom. The summed E-state index contributed by atoms with van der Waals surface area (Å²) in [6.45, 7) is 3.24. The summed E-state index contributed by atoms with van der Waals surface area (Å²) in [7, 11) is 0. The summed E-state index contributed by atoms with van der Waals surface area (Å²) in [5, 5.41) is 10.9. The molecule has 0 spiro atoms. The summed E-state index contributed by atoms with van der Waals surface area (Å²) < 4.78 is 77.9. The lowest BCUT2D eigenvalue weighted by molar-refractivity contribution is -0.139. The summed E-state index contributed by atoms with van der Waals surface area (Å²) in [5.74, 6) is 0.0877. The van der Waals surface area contributed by atoms with E-state index in [9.17, 15) is 35.9 Å². The van der Waals surface area contributed by atoms with Gasteiger partial charge in [0, 0.05) is 50.7 Å². The van der Waals surface area contributed by atoms with Gasteiger partial charge in [0.15, 0.2) is 0 Å². The van der Waals surface area contributed by atoms with Crippen molar-refractivity contribution in [3.63, 3.8) is 0 Å². The van der Waals surface area contributed by atoms with Gasteiger partial charge in [0.2, 0.25) is 11.9 Å². The SMILES string of the molecule is CC(CNC1CCN(C2CCN(c3ncc(C(F)(F)F)cn3)CC2)C1=O)Nc1cn[nH]c(=O)c1C(F)(F)F. The molecule has 38 heavy (non-hydrogen) atoms. The fraction of sp³-hybridized carbons (Fsp3) is 0.591. The molecule has 3 N–H and O–H groups in total. The molecular weight excluding hydrogens is 522 g/mol. The molecule has 0 radical (unpaired) electrons. The molecule has 0 aliphatic carbocycles. The minimum Gasteiger partial charge on any atom is -0.379 e. The monoisotopic (exact) mass is 548 g/mol. The smallest absolute Gasteiger partial charge is 0.379 e. The van der Waals surface area contributed by atoms with Crippen molar-refractivity contribution < 1.29 is 31.1 Å². The normalized spacial score (nSPS) is 20.2. The van der Waals surface area contributed by atoms with E-state index in [4.69, 9.17) is 0 Å². The highest BCUT2D eigenvalue weighted by Crippen LogP contribution is 2.32. The standard InChI is InChI=1S/C22H26F6N8O2/c1-12(33-16-11-32-34-18(37)17(16)22(26,27)28)8-29-15-4-7-36(19(15)38)14-2-5-35(6-3-14)20-30-9-13(10-31-20)21(23,24)25/h9-12,14-15,29H,2-8H2,1H3,(H2,33,34,37). The van der Waals surface area contributed by atoms with Gasteiger partial charge >= 0.3 is 12.4 Å². The number of likely N-dealkylation sites (tertiary alicyclic amines) is 1. The minimum absolute atomic E-state index is 0.0491. The third-order valence-electron chi connectivity index (χ3n) is 6.61. The fourth-order valence-corrected chi connectivity index (χ4v) is 4.69. The Morgan fingerprint density at radius 1 is 1.00 bits per heavy atom. The molecule has 16 heteroatoms. The first-order chi connectivity index (χ1) is 17.8. The van der Waals surface area contributed by atoms with Gasteiger partial charge in [-0.3, -0.25) is 9.59 Å². The number of rotatable bonds is 7. The Kier molecular flexibility index (Phi) is 7.80. The summed E-state index contributed by atoms with van der Waals surface area (Å²) in [4.78, 5) is 35.8. The van der Waals surface area contributed by atoms with Gasteiger partial charge in [-0.2, -0.15) is 31.4 Å².